The number of hydrogen-bond donors (Lipinski definition) is 3. The SMILES string of the molecule is Cc1ccc(-c2cncc3[nH]c(-c4n[nH]c5ncc(-c6cncc(N7CC(N)C7)n6)cc45)cc23)s1. The Hall–Kier alpha value is -4.15. The van der Waals surface area contributed by atoms with E-state index in [-0.39, 0.29) is 6.04 Å². The highest BCUT2D eigenvalue weighted by Crippen LogP contribution is 2.36. The molecule has 1 aliphatic heterocycles. The van der Waals surface area contributed by atoms with Crippen molar-refractivity contribution in [3.8, 4) is 33.1 Å². The first-order valence-electron chi connectivity index (χ1n) is 11.3. The fourth-order valence-corrected chi connectivity index (χ4v) is 5.44. The molecular formula is C25H21N9S. The van der Waals surface area contributed by atoms with E-state index in [1.807, 2.05) is 12.4 Å². The molecule has 1 aliphatic rings. The van der Waals surface area contributed by atoms with Crippen molar-refractivity contribution in [2.24, 2.45) is 5.73 Å². The normalized spacial score (nSPS) is 14.2. The lowest BCUT2D eigenvalue weighted by Crippen LogP contribution is -2.56. The predicted octanol–water partition coefficient (Wildman–Crippen LogP) is 4.14. The molecule has 0 amide bonds. The second-order valence-corrected chi connectivity index (χ2v) is 10.1. The van der Waals surface area contributed by atoms with Crippen LogP contribution in [0.25, 0.3) is 55.0 Å². The molecule has 172 valence electrons. The Kier molecular flexibility index (Phi) is 4.45. The van der Waals surface area contributed by atoms with E-state index in [9.17, 15) is 0 Å². The monoisotopic (exact) mass is 479 g/mol. The molecule has 6 aromatic heterocycles. The lowest BCUT2D eigenvalue weighted by atomic mass is 10.1. The minimum Gasteiger partial charge on any atom is -0.352 e. The average molecular weight is 480 g/mol. The predicted molar refractivity (Wildman–Crippen MR) is 138 cm³/mol. The number of hydrogen-bond acceptors (Lipinski definition) is 8. The van der Waals surface area contributed by atoms with Gasteiger partial charge in [0.15, 0.2) is 5.65 Å². The summed E-state index contributed by atoms with van der Waals surface area (Å²) < 4.78 is 0. The van der Waals surface area contributed by atoms with Crippen molar-refractivity contribution in [3.05, 3.63) is 60.1 Å². The van der Waals surface area contributed by atoms with Crippen LogP contribution < -0.4 is 10.6 Å². The van der Waals surface area contributed by atoms with E-state index in [1.54, 1.807) is 29.9 Å². The number of H-pyrrole nitrogens is 2. The van der Waals surface area contributed by atoms with Gasteiger partial charge in [-0.15, -0.1) is 11.3 Å². The zero-order valence-electron chi connectivity index (χ0n) is 18.9. The molecule has 10 heteroatoms. The van der Waals surface area contributed by atoms with Gasteiger partial charge in [-0.25, -0.2) is 9.97 Å². The van der Waals surface area contributed by atoms with Crippen molar-refractivity contribution < 1.29 is 0 Å². The summed E-state index contributed by atoms with van der Waals surface area (Å²) in [6, 6.07) is 8.67. The Bertz CT molecular complexity index is 1710. The molecule has 0 spiro atoms. The maximum absolute atomic E-state index is 5.93. The highest BCUT2D eigenvalue weighted by atomic mass is 32.1. The number of aromatic nitrogens is 7. The van der Waals surface area contributed by atoms with Crippen LogP contribution in [0.1, 0.15) is 4.88 Å². The largest absolute Gasteiger partial charge is 0.352 e. The molecule has 0 unspecified atom stereocenters. The molecular weight excluding hydrogens is 458 g/mol. The van der Waals surface area contributed by atoms with Crippen molar-refractivity contribution in [1.82, 2.24) is 35.1 Å². The van der Waals surface area contributed by atoms with Crippen LogP contribution in [0.4, 0.5) is 5.82 Å². The number of thiophene rings is 1. The van der Waals surface area contributed by atoms with Crippen LogP contribution in [-0.2, 0) is 0 Å². The van der Waals surface area contributed by atoms with Crippen LogP contribution in [0, 0.1) is 6.92 Å². The molecule has 4 N–H and O–H groups in total. The summed E-state index contributed by atoms with van der Waals surface area (Å²) in [5, 5.41) is 9.67. The minimum absolute atomic E-state index is 0.197. The third kappa shape index (κ3) is 3.37. The summed E-state index contributed by atoms with van der Waals surface area (Å²) in [6.07, 6.45) is 9.10. The Morgan fingerprint density at radius 1 is 1.03 bits per heavy atom. The maximum Gasteiger partial charge on any atom is 0.155 e. The van der Waals surface area contributed by atoms with Gasteiger partial charge < -0.3 is 15.6 Å². The van der Waals surface area contributed by atoms with Gasteiger partial charge in [0.05, 0.1) is 35.5 Å². The number of nitrogens with one attached hydrogen (secondary N) is 2. The first-order valence-corrected chi connectivity index (χ1v) is 12.1. The summed E-state index contributed by atoms with van der Waals surface area (Å²) in [5.41, 5.74) is 12.1. The van der Waals surface area contributed by atoms with E-state index in [0.717, 1.165) is 63.4 Å². The highest BCUT2D eigenvalue weighted by Gasteiger charge is 2.25. The van der Waals surface area contributed by atoms with Crippen molar-refractivity contribution in [2.75, 3.05) is 18.0 Å². The topological polar surface area (TPSA) is 125 Å². The van der Waals surface area contributed by atoms with Gasteiger partial charge in [0, 0.05) is 63.2 Å². The molecule has 0 radical (unpaired) electrons. The minimum atomic E-state index is 0.197. The summed E-state index contributed by atoms with van der Waals surface area (Å²) in [5.74, 6) is 0.830. The molecule has 1 fully saturated rings. The van der Waals surface area contributed by atoms with Crippen molar-refractivity contribution in [2.45, 2.75) is 13.0 Å². The van der Waals surface area contributed by atoms with Gasteiger partial charge in [-0.2, -0.15) is 5.10 Å². The third-order valence-electron chi connectivity index (χ3n) is 6.37. The summed E-state index contributed by atoms with van der Waals surface area (Å²) in [6.45, 7) is 3.70. The molecule has 0 atom stereocenters. The zero-order chi connectivity index (χ0) is 23.5. The van der Waals surface area contributed by atoms with E-state index in [2.05, 4.69) is 66.2 Å². The van der Waals surface area contributed by atoms with Crippen LogP contribution in [0.2, 0.25) is 0 Å². The van der Waals surface area contributed by atoms with Gasteiger partial charge in [0.2, 0.25) is 0 Å². The van der Waals surface area contributed by atoms with E-state index in [0.29, 0.717) is 5.65 Å². The second-order valence-electron chi connectivity index (χ2n) is 8.86. The quantitative estimate of drug-likeness (QED) is 0.347. The Morgan fingerprint density at radius 3 is 2.74 bits per heavy atom. The molecule has 0 aromatic carbocycles. The molecule has 1 saturated heterocycles. The van der Waals surface area contributed by atoms with Crippen molar-refractivity contribution in [3.63, 3.8) is 0 Å². The second kappa shape index (κ2) is 7.69. The van der Waals surface area contributed by atoms with Crippen LogP contribution >= 0.6 is 11.3 Å². The number of rotatable bonds is 4. The molecule has 9 nitrogen and oxygen atoms in total. The number of fused-ring (bicyclic) bond motifs is 2. The molecule has 0 aliphatic carbocycles. The van der Waals surface area contributed by atoms with Gasteiger partial charge in [-0.1, -0.05) is 0 Å². The Labute approximate surface area is 204 Å². The molecule has 35 heavy (non-hydrogen) atoms. The number of aryl methyl sites for hydroxylation is 1. The Balaban J connectivity index is 1.31. The summed E-state index contributed by atoms with van der Waals surface area (Å²) in [7, 11) is 0. The number of nitrogens with two attached hydrogens (primary N) is 1. The molecule has 0 saturated carbocycles. The van der Waals surface area contributed by atoms with E-state index < -0.39 is 0 Å². The molecule has 7 rings (SSSR count). The fraction of sp³-hybridized carbons (Fsp3) is 0.160. The van der Waals surface area contributed by atoms with E-state index >= 15 is 0 Å². The van der Waals surface area contributed by atoms with E-state index in [1.165, 1.54) is 9.75 Å². The highest BCUT2D eigenvalue weighted by molar-refractivity contribution is 7.15. The lowest BCUT2D eigenvalue weighted by molar-refractivity contribution is 0.514. The first-order chi connectivity index (χ1) is 17.1. The third-order valence-corrected chi connectivity index (χ3v) is 7.41. The number of nitrogens with zero attached hydrogens (tertiary/aromatic N) is 6. The average Bonchev–Trinajstić information content (AvgIpc) is 3.59. The van der Waals surface area contributed by atoms with Gasteiger partial charge >= 0.3 is 0 Å². The zero-order valence-corrected chi connectivity index (χ0v) is 19.7. The summed E-state index contributed by atoms with van der Waals surface area (Å²) >= 11 is 1.76. The number of pyridine rings is 2. The van der Waals surface area contributed by atoms with Crippen LogP contribution in [0.5, 0.6) is 0 Å². The van der Waals surface area contributed by atoms with Crippen LogP contribution in [0.3, 0.4) is 0 Å². The standard InChI is InChI=1S/C25H21N9S/c1-13-2-3-22(35-13)18-7-27-9-21-16(18)5-19(30-21)24-17-4-14(6-29-25(17)33-32-24)20-8-28-10-23(31-20)34-11-15(26)12-34/h2-10,15,30H,11-12,26H2,1H3,(H,29,32,33). The van der Waals surface area contributed by atoms with Crippen molar-refractivity contribution >= 4 is 39.1 Å². The van der Waals surface area contributed by atoms with Crippen molar-refractivity contribution in [1.29, 1.82) is 0 Å². The van der Waals surface area contributed by atoms with Gasteiger partial charge in [0.25, 0.3) is 0 Å². The first kappa shape index (κ1) is 20.2. The molecule has 7 heterocycles. The molecule has 0 bridgehead atoms. The Morgan fingerprint density at radius 2 is 1.91 bits per heavy atom. The number of anilines is 1. The summed E-state index contributed by atoms with van der Waals surface area (Å²) in [4.78, 5) is 26.3. The molecule has 6 aromatic rings. The smallest absolute Gasteiger partial charge is 0.155 e. The van der Waals surface area contributed by atoms with Crippen LogP contribution in [-0.4, -0.2) is 54.2 Å². The van der Waals surface area contributed by atoms with Gasteiger partial charge in [0.1, 0.15) is 11.5 Å². The fourth-order valence-electron chi connectivity index (χ4n) is 4.55. The van der Waals surface area contributed by atoms with Crippen LogP contribution in [0.15, 0.2) is 55.2 Å². The van der Waals surface area contributed by atoms with Gasteiger partial charge in [-0.3, -0.25) is 15.1 Å². The van der Waals surface area contributed by atoms with E-state index in [4.69, 9.17) is 10.7 Å². The van der Waals surface area contributed by atoms with Gasteiger partial charge in [-0.05, 0) is 31.2 Å². The maximum atomic E-state index is 5.93. The lowest BCUT2D eigenvalue weighted by Gasteiger charge is -2.37. The number of aromatic amines is 2.